The van der Waals surface area contributed by atoms with Crippen LogP contribution in [0.1, 0.15) is 32.6 Å². The lowest BCUT2D eigenvalue weighted by atomic mass is 9.96. The molecule has 7 nitrogen and oxygen atoms in total. The number of urea groups is 1. The Morgan fingerprint density at radius 1 is 1.20 bits per heavy atom. The van der Waals surface area contributed by atoms with E-state index >= 15 is 0 Å². The van der Waals surface area contributed by atoms with Crippen molar-refractivity contribution in [2.24, 2.45) is 11.7 Å². The number of nitrogens with two attached hydrogens (primary N) is 1. The number of piperidine rings is 1. The van der Waals surface area contributed by atoms with Crippen LogP contribution in [0, 0.1) is 5.92 Å². The second-order valence-corrected chi connectivity index (χ2v) is 5.78. The van der Waals surface area contributed by atoms with Crippen LogP contribution in [0.15, 0.2) is 0 Å². The van der Waals surface area contributed by atoms with E-state index in [4.69, 9.17) is 5.73 Å². The fraction of sp³-hybridized carbons (Fsp3) is 0.769. The number of amides is 3. The number of carbonyl (C=O) groups is 3. The summed E-state index contributed by atoms with van der Waals surface area (Å²) < 4.78 is 0. The summed E-state index contributed by atoms with van der Waals surface area (Å²) in [4.78, 5) is 38.0. The summed E-state index contributed by atoms with van der Waals surface area (Å²) in [7, 11) is 0. The van der Waals surface area contributed by atoms with Crippen LogP contribution < -0.4 is 5.73 Å². The second-order valence-electron chi connectivity index (χ2n) is 5.78. The molecule has 2 aliphatic heterocycles. The zero-order valence-corrected chi connectivity index (χ0v) is 11.7. The minimum Gasteiger partial charge on any atom is -0.480 e. The summed E-state index contributed by atoms with van der Waals surface area (Å²) in [6.45, 7) is 2.98. The van der Waals surface area contributed by atoms with Crippen molar-refractivity contribution in [1.82, 2.24) is 9.80 Å². The fourth-order valence-corrected chi connectivity index (χ4v) is 3.02. The van der Waals surface area contributed by atoms with Crippen molar-refractivity contribution in [3.05, 3.63) is 0 Å². The van der Waals surface area contributed by atoms with Crippen molar-refractivity contribution >= 4 is 17.9 Å². The maximum Gasteiger partial charge on any atom is 0.329 e. The van der Waals surface area contributed by atoms with Gasteiger partial charge in [-0.1, -0.05) is 0 Å². The molecule has 2 saturated heterocycles. The number of likely N-dealkylation sites (tertiary alicyclic amines) is 2. The Morgan fingerprint density at radius 3 is 2.30 bits per heavy atom. The topological polar surface area (TPSA) is 104 Å². The normalized spacial score (nSPS) is 27.6. The van der Waals surface area contributed by atoms with E-state index in [0.717, 1.165) is 0 Å². The smallest absolute Gasteiger partial charge is 0.329 e. The van der Waals surface area contributed by atoms with Crippen molar-refractivity contribution in [2.45, 2.75) is 38.1 Å². The summed E-state index contributed by atoms with van der Waals surface area (Å²) in [5.41, 5.74) is 4.15. The summed E-state index contributed by atoms with van der Waals surface area (Å²) in [5, 5.41) is 9.33. The van der Waals surface area contributed by atoms with Gasteiger partial charge in [0.1, 0.15) is 5.54 Å². The number of carboxylic acids is 1. The Bertz CT molecular complexity index is 431. The molecule has 0 spiro atoms. The molecule has 0 bridgehead atoms. The Kier molecular flexibility index (Phi) is 3.87. The summed E-state index contributed by atoms with van der Waals surface area (Å²) in [6, 6.07) is -0.240. The van der Waals surface area contributed by atoms with Gasteiger partial charge in [-0.15, -0.1) is 0 Å². The monoisotopic (exact) mass is 283 g/mol. The van der Waals surface area contributed by atoms with Crippen LogP contribution in [0.4, 0.5) is 4.79 Å². The van der Waals surface area contributed by atoms with Gasteiger partial charge in [0.15, 0.2) is 0 Å². The Hall–Kier alpha value is -1.79. The van der Waals surface area contributed by atoms with Crippen molar-refractivity contribution in [1.29, 1.82) is 0 Å². The standard InChI is InChI=1S/C13H21N3O4/c1-13(11(18)19)5-2-6-16(13)12(20)15-7-3-9(4-8-15)10(14)17/h9H,2-8H2,1H3,(H2,14,17)(H,18,19). The molecule has 1 unspecified atom stereocenters. The van der Waals surface area contributed by atoms with E-state index < -0.39 is 11.5 Å². The van der Waals surface area contributed by atoms with Crippen LogP contribution in [0.25, 0.3) is 0 Å². The van der Waals surface area contributed by atoms with Crippen LogP contribution in [-0.4, -0.2) is 58.0 Å². The van der Waals surface area contributed by atoms with Crippen LogP contribution in [0.3, 0.4) is 0 Å². The molecule has 0 saturated carbocycles. The number of aliphatic carboxylic acids is 1. The number of carbonyl (C=O) groups excluding carboxylic acids is 2. The molecule has 0 aromatic heterocycles. The third-order valence-electron chi connectivity index (χ3n) is 4.50. The first-order valence-electron chi connectivity index (χ1n) is 6.95. The van der Waals surface area contributed by atoms with E-state index in [1.807, 2.05) is 0 Å². The minimum atomic E-state index is -1.11. The van der Waals surface area contributed by atoms with Gasteiger partial charge < -0.3 is 20.6 Å². The third-order valence-corrected chi connectivity index (χ3v) is 4.50. The fourth-order valence-electron chi connectivity index (χ4n) is 3.02. The van der Waals surface area contributed by atoms with Gasteiger partial charge in [0.25, 0.3) is 0 Å². The van der Waals surface area contributed by atoms with Gasteiger partial charge in [-0.25, -0.2) is 9.59 Å². The zero-order chi connectivity index (χ0) is 14.9. The van der Waals surface area contributed by atoms with Crippen molar-refractivity contribution in [3.63, 3.8) is 0 Å². The molecule has 2 aliphatic rings. The minimum absolute atomic E-state index is 0.177. The van der Waals surface area contributed by atoms with Gasteiger partial charge in [0, 0.05) is 25.6 Å². The SMILES string of the molecule is CC1(C(=O)O)CCCN1C(=O)N1CCC(C(N)=O)CC1. The van der Waals surface area contributed by atoms with Gasteiger partial charge in [-0.3, -0.25) is 4.79 Å². The lowest BCUT2D eigenvalue weighted by Gasteiger charge is -2.38. The maximum absolute atomic E-state index is 12.5. The Balaban J connectivity index is 2.02. The lowest BCUT2D eigenvalue weighted by molar-refractivity contribution is -0.147. The van der Waals surface area contributed by atoms with Crippen LogP contribution in [0.2, 0.25) is 0 Å². The first-order valence-corrected chi connectivity index (χ1v) is 6.95. The summed E-state index contributed by atoms with van der Waals surface area (Å²) >= 11 is 0. The number of nitrogens with zero attached hydrogens (tertiary/aromatic N) is 2. The average molecular weight is 283 g/mol. The molecule has 3 N–H and O–H groups in total. The molecular weight excluding hydrogens is 262 g/mol. The summed E-state index contributed by atoms with van der Waals surface area (Å²) in [6.07, 6.45) is 2.29. The molecule has 112 valence electrons. The molecule has 1 atom stereocenters. The highest BCUT2D eigenvalue weighted by molar-refractivity contribution is 5.87. The van der Waals surface area contributed by atoms with Gasteiger partial charge in [-0.05, 0) is 32.6 Å². The van der Waals surface area contributed by atoms with E-state index in [-0.39, 0.29) is 17.9 Å². The predicted octanol–water partition coefficient (Wildman–Crippen LogP) is 0.243. The summed E-state index contributed by atoms with van der Waals surface area (Å²) in [5.74, 6) is -1.47. The maximum atomic E-state index is 12.5. The van der Waals surface area contributed by atoms with E-state index in [9.17, 15) is 19.5 Å². The van der Waals surface area contributed by atoms with Crippen molar-refractivity contribution in [3.8, 4) is 0 Å². The molecule has 0 aromatic rings. The number of hydrogen-bond acceptors (Lipinski definition) is 3. The van der Waals surface area contributed by atoms with Gasteiger partial charge >= 0.3 is 12.0 Å². The van der Waals surface area contributed by atoms with Crippen LogP contribution in [-0.2, 0) is 9.59 Å². The molecule has 2 fully saturated rings. The van der Waals surface area contributed by atoms with Gasteiger partial charge in [0.2, 0.25) is 5.91 Å². The highest BCUT2D eigenvalue weighted by Gasteiger charge is 2.47. The zero-order valence-electron chi connectivity index (χ0n) is 11.7. The predicted molar refractivity (Wildman–Crippen MR) is 70.9 cm³/mol. The number of primary amides is 1. The van der Waals surface area contributed by atoms with Gasteiger partial charge in [0.05, 0.1) is 0 Å². The molecule has 20 heavy (non-hydrogen) atoms. The average Bonchev–Trinajstić information content (AvgIpc) is 2.81. The number of hydrogen-bond donors (Lipinski definition) is 2. The third kappa shape index (κ3) is 2.44. The Morgan fingerprint density at radius 2 is 1.80 bits per heavy atom. The van der Waals surface area contributed by atoms with Crippen LogP contribution in [0.5, 0.6) is 0 Å². The molecule has 2 rings (SSSR count). The largest absolute Gasteiger partial charge is 0.480 e. The first-order chi connectivity index (χ1) is 9.36. The Labute approximate surface area is 117 Å². The molecular formula is C13H21N3O4. The van der Waals surface area contributed by atoms with Crippen molar-refractivity contribution < 1.29 is 19.5 Å². The lowest BCUT2D eigenvalue weighted by Crippen LogP contribution is -2.56. The van der Waals surface area contributed by atoms with E-state index in [2.05, 4.69) is 0 Å². The quantitative estimate of drug-likeness (QED) is 0.757. The second kappa shape index (κ2) is 5.30. The molecule has 2 heterocycles. The van der Waals surface area contributed by atoms with E-state index in [1.54, 1.807) is 11.8 Å². The number of rotatable bonds is 2. The van der Waals surface area contributed by atoms with Crippen LogP contribution >= 0.6 is 0 Å². The molecule has 3 amide bonds. The number of carboxylic acid groups (broad SMARTS) is 1. The van der Waals surface area contributed by atoms with E-state index in [0.29, 0.717) is 45.3 Å². The molecule has 7 heteroatoms. The van der Waals surface area contributed by atoms with Gasteiger partial charge in [-0.2, -0.15) is 0 Å². The molecule has 0 aromatic carbocycles. The molecule has 0 aliphatic carbocycles. The first kappa shape index (κ1) is 14.6. The van der Waals surface area contributed by atoms with Crippen molar-refractivity contribution in [2.75, 3.05) is 19.6 Å². The highest BCUT2D eigenvalue weighted by atomic mass is 16.4. The molecule has 0 radical (unpaired) electrons. The highest BCUT2D eigenvalue weighted by Crippen LogP contribution is 2.31. The van der Waals surface area contributed by atoms with E-state index in [1.165, 1.54) is 4.90 Å².